The number of aryl methyl sites for hydroxylation is 1. The van der Waals surface area contributed by atoms with E-state index in [0.29, 0.717) is 22.2 Å². The molecule has 28 heavy (non-hydrogen) atoms. The van der Waals surface area contributed by atoms with Crippen LogP contribution in [0.25, 0.3) is 0 Å². The zero-order valence-corrected chi connectivity index (χ0v) is 17.9. The van der Waals surface area contributed by atoms with E-state index < -0.39 is 10.0 Å². The molecule has 2 aromatic carbocycles. The Bertz CT molecular complexity index is 967. The highest BCUT2D eigenvalue weighted by Crippen LogP contribution is 2.24. The number of thiocarbonyl (C=S) groups is 1. The van der Waals surface area contributed by atoms with Crippen molar-refractivity contribution in [2.24, 2.45) is 0 Å². The molecular weight excluding hydrogens is 443 g/mol. The maximum atomic E-state index is 11.9. The van der Waals surface area contributed by atoms with Crippen LogP contribution in [-0.4, -0.2) is 26.5 Å². The standard InChI is InChI=1S/C17H18Cl2N4O3S2/c1-20-28(25,26)13-6-2-11(3-7-13)4-9-16(24)22-23-17(27)21-12-5-8-14(18)15(19)10-12/h2-3,5-8,10,20H,4,9H2,1H3,(H,22,24)(H2,21,23,27). The van der Waals surface area contributed by atoms with Gasteiger partial charge in [-0.25, -0.2) is 13.1 Å². The largest absolute Gasteiger partial charge is 0.331 e. The zero-order valence-electron chi connectivity index (χ0n) is 14.8. The topological polar surface area (TPSA) is 99.3 Å². The van der Waals surface area contributed by atoms with Gasteiger partial charge in [0.05, 0.1) is 14.9 Å². The van der Waals surface area contributed by atoms with Crippen molar-refractivity contribution >= 4 is 62.2 Å². The number of benzene rings is 2. The summed E-state index contributed by atoms with van der Waals surface area (Å²) in [4.78, 5) is 12.1. The molecule has 1 amide bonds. The number of hydrogen-bond donors (Lipinski definition) is 4. The van der Waals surface area contributed by atoms with Crippen LogP contribution in [0.15, 0.2) is 47.4 Å². The second kappa shape index (κ2) is 10.0. The van der Waals surface area contributed by atoms with E-state index in [1.807, 2.05) is 0 Å². The lowest BCUT2D eigenvalue weighted by molar-refractivity contribution is -0.121. The van der Waals surface area contributed by atoms with Crippen LogP contribution in [-0.2, 0) is 21.2 Å². The maximum Gasteiger partial charge on any atom is 0.240 e. The number of hydrazine groups is 1. The lowest BCUT2D eigenvalue weighted by atomic mass is 10.1. The first-order chi connectivity index (χ1) is 13.2. The number of nitrogens with one attached hydrogen (secondary N) is 4. The summed E-state index contributed by atoms with van der Waals surface area (Å²) in [5, 5.41) is 3.86. The van der Waals surface area contributed by atoms with Crippen molar-refractivity contribution in [1.82, 2.24) is 15.6 Å². The third kappa shape index (κ3) is 6.61. The molecule has 0 aromatic heterocycles. The fraction of sp³-hybridized carbons (Fsp3) is 0.176. The number of halogens is 2. The number of amides is 1. The van der Waals surface area contributed by atoms with E-state index in [1.165, 1.54) is 19.2 Å². The van der Waals surface area contributed by atoms with Crippen LogP contribution in [0.1, 0.15) is 12.0 Å². The van der Waals surface area contributed by atoms with Crippen LogP contribution in [0.4, 0.5) is 5.69 Å². The summed E-state index contributed by atoms with van der Waals surface area (Å²) in [6.45, 7) is 0. The SMILES string of the molecule is CNS(=O)(=O)c1ccc(CCC(=O)NNC(=S)Nc2ccc(Cl)c(Cl)c2)cc1. The Morgan fingerprint density at radius 3 is 2.32 bits per heavy atom. The Kier molecular flexibility index (Phi) is 8.02. The number of sulfonamides is 1. The van der Waals surface area contributed by atoms with Crippen LogP contribution in [0, 0.1) is 0 Å². The maximum absolute atomic E-state index is 11.9. The number of carbonyl (C=O) groups is 1. The third-order valence-electron chi connectivity index (χ3n) is 3.64. The first-order valence-electron chi connectivity index (χ1n) is 8.04. The minimum atomic E-state index is -3.47. The normalized spacial score (nSPS) is 11.0. The molecule has 0 radical (unpaired) electrons. The first-order valence-corrected chi connectivity index (χ1v) is 10.7. The highest BCUT2D eigenvalue weighted by atomic mass is 35.5. The fourth-order valence-electron chi connectivity index (χ4n) is 2.14. The molecule has 0 heterocycles. The van der Waals surface area contributed by atoms with Gasteiger partial charge in [-0.3, -0.25) is 15.6 Å². The Morgan fingerprint density at radius 1 is 1.04 bits per heavy atom. The van der Waals surface area contributed by atoms with Crippen molar-refractivity contribution in [3.05, 3.63) is 58.1 Å². The van der Waals surface area contributed by atoms with E-state index in [9.17, 15) is 13.2 Å². The second-order valence-electron chi connectivity index (χ2n) is 5.61. The molecule has 0 atom stereocenters. The second-order valence-corrected chi connectivity index (χ2v) is 8.72. The summed E-state index contributed by atoms with van der Waals surface area (Å²) in [6.07, 6.45) is 0.640. The lowest BCUT2D eigenvalue weighted by Crippen LogP contribution is -2.43. The van der Waals surface area contributed by atoms with E-state index >= 15 is 0 Å². The molecule has 0 unspecified atom stereocenters. The van der Waals surface area contributed by atoms with Gasteiger partial charge in [0.15, 0.2) is 5.11 Å². The molecule has 2 rings (SSSR count). The summed E-state index contributed by atoms with van der Waals surface area (Å²) >= 11 is 16.9. The van der Waals surface area contributed by atoms with Gasteiger partial charge in [0.2, 0.25) is 15.9 Å². The van der Waals surface area contributed by atoms with E-state index in [-0.39, 0.29) is 22.3 Å². The van der Waals surface area contributed by atoms with Gasteiger partial charge < -0.3 is 5.32 Å². The monoisotopic (exact) mass is 460 g/mol. The molecule has 0 bridgehead atoms. The minimum absolute atomic E-state index is 0.170. The van der Waals surface area contributed by atoms with Gasteiger partial charge in [0.25, 0.3) is 0 Å². The van der Waals surface area contributed by atoms with Crippen molar-refractivity contribution < 1.29 is 13.2 Å². The summed E-state index contributed by atoms with van der Waals surface area (Å²) in [7, 11) is -2.12. The number of hydrogen-bond acceptors (Lipinski definition) is 4. The highest BCUT2D eigenvalue weighted by molar-refractivity contribution is 7.89. The quantitative estimate of drug-likeness (QED) is 0.390. The highest BCUT2D eigenvalue weighted by Gasteiger charge is 2.11. The summed E-state index contributed by atoms with van der Waals surface area (Å²) in [5.41, 5.74) is 6.54. The minimum Gasteiger partial charge on any atom is -0.331 e. The molecule has 0 fully saturated rings. The van der Waals surface area contributed by atoms with Gasteiger partial charge in [-0.2, -0.15) is 0 Å². The number of anilines is 1. The van der Waals surface area contributed by atoms with E-state index in [1.54, 1.807) is 30.3 Å². The number of carbonyl (C=O) groups excluding carboxylic acids is 1. The van der Waals surface area contributed by atoms with Crippen molar-refractivity contribution in [2.75, 3.05) is 12.4 Å². The van der Waals surface area contributed by atoms with Gasteiger partial charge in [-0.05, 0) is 61.6 Å². The Morgan fingerprint density at radius 2 is 1.71 bits per heavy atom. The van der Waals surface area contributed by atoms with Gasteiger partial charge in [-0.15, -0.1) is 0 Å². The van der Waals surface area contributed by atoms with Crippen molar-refractivity contribution in [1.29, 1.82) is 0 Å². The van der Waals surface area contributed by atoms with Crippen molar-refractivity contribution in [3.63, 3.8) is 0 Å². The van der Waals surface area contributed by atoms with Crippen LogP contribution >= 0.6 is 35.4 Å². The van der Waals surface area contributed by atoms with Gasteiger partial charge in [0, 0.05) is 12.1 Å². The van der Waals surface area contributed by atoms with Crippen LogP contribution in [0.2, 0.25) is 10.0 Å². The van der Waals surface area contributed by atoms with Crippen molar-refractivity contribution in [3.8, 4) is 0 Å². The fourth-order valence-corrected chi connectivity index (χ4v) is 3.33. The molecule has 0 aliphatic heterocycles. The molecule has 0 aliphatic rings. The molecule has 0 saturated carbocycles. The predicted molar refractivity (Wildman–Crippen MR) is 115 cm³/mol. The molecule has 7 nitrogen and oxygen atoms in total. The van der Waals surface area contributed by atoms with E-state index in [0.717, 1.165) is 5.56 Å². The van der Waals surface area contributed by atoms with Gasteiger partial charge >= 0.3 is 0 Å². The summed E-state index contributed by atoms with van der Waals surface area (Å²) in [6, 6.07) is 11.3. The van der Waals surface area contributed by atoms with Crippen LogP contribution < -0.4 is 20.9 Å². The third-order valence-corrected chi connectivity index (χ3v) is 6.01. The van der Waals surface area contributed by atoms with Crippen molar-refractivity contribution in [2.45, 2.75) is 17.7 Å². The molecule has 11 heteroatoms. The molecular formula is C17H18Cl2N4O3S2. The van der Waals surface area contributed by atoms with Crippen LogP contribution in [0.3, 0.4) is 0 Å². The van der Waals surface area contributed by atoms with Gasteiger partial charge in [-0.1, -0.05) is 35.3 Å². The molecule has 0 aliphatic carbocycles. The lowest BCUT2D eigenvalue weighted by Gasteiger charge is -2.12. The smallest absolute Gasteiger partial charge is 0.240 e. The first kappa shape index (κ1) is 22.4. The Balaban J connectivity index is 1.77. The summed E-state index contributed by atoms with van der Waals surface area (Å²) in [5.74, 6) is -0.273. The molecule has 2 aromatic rings. The van der Waals surface area contributed by atoms with E-state index in [2.05, 4.69) is 20.9 Å². The van der Waals surface area contributed by atoms with E-state index in [4.69, 9.17) is 35.4 Å². The molecule has 150 valence electrons. The summed E-state index contributed by atoms with van der Waals surface area (Å²) < 4.78 is 25.6. The Labute approximate surface area is 178 Å². The Hall–Kier alpha value is -1.91. The average molecular weight is 461 g/mol. The zero-order chi connectivity index (χ0) is 20.7. The average Bonchev–Trinajstić information content (AvgIpc) is 2.68. The molecule has 0 spiro atoms. The van der Waals surface area contributed by atoms with Crippen LogP contribution in [0.5, 0.6) is 0 Å². The predicted octanol–water partition coefficient (Wildman–Crippen LogP) is 2.85. The molecule has 0 saturated heterocycles. The number of rotatable bonds is 6. The van der Waals surface area contributed by atoms with Gasteiger partial charge in [0.1, 0.15) is 0 Å². The molecule has 4 N–H and O–H groups in total.